The number of carbonyl (C=O) groups is 2. The smallest absolute Gasteiger partial charge is 0.475 e. The zero-order chi connectivity index (χ0) is 31.5. The number of carboxylic acids is 1. The van der Waals surface area contributed by atoms with Crippen LogP contribution in [-0.2, 0) is 16.6 Å². The zero-order valence-electron chi connectivity index (χ0n) is 22.8. The van der Waals surface area contributed by atoms with Crippen LogP contribution in [0.15, 0.2) is 59.9 Å². The van der Waals surface area contributed by atoms with Crippen LogP contribution >= 0.6 is 23.2 Å². The summed E-state index contributed by atoms with van der Waals surface area (Å²) in [7, 11) is 1.83. The molecule has 10 nitrogen and oxygen atoms in total. The third-order valence-electron chi connectivity index (χ3n) is 6.77. The SMILES string of the molecule is C[C@@H]1CCC[C@H](n2cnc(-c3cc(Cl)ccc3Cl)cc2=O)c2cc(ccn2)-c2c(cnn2C)NC1=O.O=C(O)C(F)(F)F. The summed E-state index contributed by atoms with van der Waals surface area (Å²) in [6, 6.07) is 9.97. The highest BCUT2D eigenvalue weighted by Crippen LogP contribution is 2.33. The number of alkyl halides is 3. The molecule has 1 amide bonds. The maximum absolute atomic E-state index is 13.3. The molecule has 2 atom stereocenters. The molecular formula is C28H25Cl2F3N6O4. The van der Waals surface area contributed by atoms with Crippen molar-refractivity contribution in [3.05, 3.63) is 81.2 Å². The van der Waals surface area contributed by atoms with E-state index in [1.54, 1.807) is 39.8 Å². The average Bonchev–Trinajstić information content (AvgIpc) is 3.31. The van der Waals surface area contributed by atoms with Gasteiger partial charge in [0.15, 0.2) is 0 Å². The lowest BCUT2D eigenvalue weighted by Crippen LogP contribution is -2.27. The molecule has 43 heavy (non-hydrogen) atoms. The summed E-state index contributed by atoms with van der Waals surface area (Å²) in [4.78, 5) is 44.2. The first-order chi connectivity index (χ1) is 20.3. The van der Waals surface area contributed by atoms with Crippen LogP contribution in [0.1, 0.15) is 37.9 Å². The van der Waals surface area contributed by atoms with Crippen LogP contribution in [0, 0.1) is 5.92 Å². The second-order valence-electron chi connectivity index (χ2n) is 9.78. The number of benzene rings is 1. The summed E-state index contributed by atoms with van der Waals surface area (Å²) < 4.78 is 35.0. The van der Waals surface area contributed by atoms with E-state index in [4.69, 9.17) is 33.1 Å². The number of amides is 1. The summed E-state index contributed by atoms with van der Waals surface area (Å²) in [6.45, 7) is 1.90. The highest BCUT2D eigenvalue weighted by Gasteiger charge is 2.38. The number of fused-ring (bicyclic) bond motifs is 4. The Hall–Kier alpha value is -4.23. The van der Waals surface area contributed by atoms with Crippen molar-refractivity contribution in [3.8, 4) is 22.5 Å². The fraction of sp³-hybridized carbons (Fsp3) is 0.286. The van der Waals surface area contributed by atoms with E-state index in [9.17, 15) is 22.8 Å². The molecule has 0 unspecified atom stereocenters. The predicted octanol–water partition coefficient (Wildman–Crippen LogP) is 5.99. The van der Waals surface area contributed by atoms with E-state index in [2.05, 4.69) is 20.4 Å². The molecule has 3 aromatic heterocycles. The largest absolute Gasteiger partial charge is 0.490 e. The molecule has 0 radical (unpaired) electrons. The molecule has 5 rings (SSSR count). The number of anilines is 1. The van der Waals surface area contributed by atoms with Gasteiger partial charge in [-0.3, -0.25) is 23.8 Å². The summed E-state index contributed by atoms with van der Waals surface area (Å²) >= 11 is 12.5. The van der Waals surface area contributed by atoms with Crippen LogP contribution in [0.2, 0.25) is 10.0 Å². The number of aliphatic carboxylic acids is 1. The van der Waals surface area contributed by atoms with Crippen molar-refractivity contribution >= 4 is 40.8 Å². The first-order valence-electron chi connectivity index (χ1n) is 12.9. The summed E-state index contributed by atoms with van der Waals surface area (Å²) in [5, 5.41) is 15.4. The summed E-state index contributed by atoms with van der Waals surface area (Å²) in [6.07, 6.45) is 1.81. The number of pyridine rings is 1. The normalized spacial score (nSPS) is 17.0. The van der Waals surface area contributed by atoms with Crippen LogP contribution in [0.3, 0.4) is 0 Å². The number of rotatable bonds is 2. The molecule has 226 valence electrons. The number of hydrogen-bond donors (Lipinski definition) is 2. The van der Waals surface area contributed by atoms with Crippen molar-refractivity contribution in [3.63, 3.8) is 0 Å². The average molecular weight is 637 g/mol. The number of hydrogen-bond acceptors (Lipinski definition) is 6. The molecule has 0 fully saturated rings. The fourth-order valence-electron chi connectivity index (χ4n) is 4.57. The number of carbonyl (C=O) groups excluding carboxylic acids is 1. The third-order valence-corrected chi connectivity index (χ3v) is 7.34. The maximum Gasteiger partial charge on any atom is 0.490 e. The van der Waals surface area contributed by atoms with E-state index in [-0.39, 0.29) is 23.4 Å². The molecule has 1 aromatic carbocycles. The van der Waals surface area contributed by atoms with Crippen molar-refractivity contribution in [1.29, 1.82) is 0 Å². The number of aromatic nitrogens is 5. The van der Waals surface area contributed by atoms with Gasteiger partial charge in [-0.1, -0.05) is 36.5 Å². The van der Waals surface area contributed by atoms with Gasteiger partial charge in [-0.15, -0.1) is 0 Å². The Morgan fingerprint density at radius 1 is 1.09 bits per heavy atom. The minimum atomic E-state index is -5.08. The highest BCUT2D eigenvalue weighted by atomic mass is 35.5. The van der Waals surface area contributed by atoms with Crippen molar-refractivity contribution in [1.82, 2.24) is 24.3 Å². The fourth-order valence-corrected chi connectivity index (χ4v) is 4.95. The lowest BCUT2D eigenvalue weighted by atomic mass is 9.97. The Kier molecular flexibility index (Phi) is 9.55. The Bertz CT molecular complexity index is 1720. The van der Waals surface area contributed by atoms with Crippen molar-refractivity contribution < 1.29 is 27.9 Å². The second-order valence-corrected chi connectivity index (χ2v) is 10.6. The lowest BCUT2D eigenvalue weighted by Gasteiger charge is -2.22. The Morgan fingerprint density at radius 3 is 2.49 bits per heavy atom. The molecule has 0 saturated carbocycles. The van der Waals surface area contributed by atoms with Gasteiger partial charge in [-0.05, 0) is 43.2 Å². The molecule has 2 bridgehead atoms. The molecule has 4 aromatic rings. The van der Waals surface area contributed by atoms with Crippen LogP contribution < -0.4 is 10.9 Å². The highest BCUT2D eigenvalue weighted by molar-refractivity contribution is 6.35. The van der Waals surface area contributed by atoms with Gasteiger partial charge in [0.1, 0.15) is 0 Å². The first kappa shape index (κ1) is 31.7. The van der Waals surface area contributed by atoms with Gasteiger partial charge in [-0.25, -0.2) is 9.78 Å². The standard InChI is InChI=1S/C26H24Cl2N6O2.C2HF3O2/c1-15-4-3-5-23(34-14-30-20(12-24(34)35)18-11-17(27)6-7-19(18)28)21-10-16(8-9-29-21)25-22(32-26(15)36)13-31-33(25)2;3-2(4,5)1(6)7/h6-15,23H,3-5H2,1-2H3,(H,32,36);(H,6,7)/t15-,23+;/m1./s1. The molecule has 4 heterocycles. The minimum absolute atomic E-state index is 0.0581. The molecular weight excluding hydrogens is 612 g/mol. The quantitative estimate of drug-likeness (QED) is 0.276. The van der Waals surface area contributed by atoms with Crippen LogP contribution in [0.5, 0.6) is 0 Å². The number of nitrogens with one attached hydrogen (secondary N) is 1. The van der Waals surface area contributed by atoms with E-state index in [1.807, 2.05) is 26.1 Å². The van der Waals surface area contributed by atoms with Crippen LogP contribution in [-0.4, -0.2) is 47.5 Å². The first-order valence-corrected chi connectivity index (χ1v) is 13.6. The van der Waals surface area contributed by atoms with E-state index < -0.39 is 12.1 Å². The Morgan fingerprint density at radius 2 is 1.81 bits per heavy atom. The number of nitrogens with zero attached hydrogens (tertiary/aromatic N) is 5. The topological polar surface area (TPSA) is 132 Å². The van der Waals surface area contributed by atoms with Gasteiger partial charge < -0.3 is 10.4 Å². The number of aryl methyl sites for hydroxylation is 1. The van der Waals surface area contributed by atoms with Gasteiger partial charge in [0.25, 0.3) is 5.56 Å². The van der Waals surface area contributed by atoms with Gasteiger partial charge in [0.05, 0.1) is 46.4 Å². The second kappa shape index (κ2) is 13.0. The molecule has 1 aliphatic rings. The van der Waals surface area contributed by atoms with Gasteiger partial charge >= 0.3 is 12.1 Å². The molecule has 15 heteroatoms. The predicted molar refractivity (Wildman–Crippen MR) is 154 cm³/mol. The van der Waals surface area contributed by atoms with Crippen LogP contribution in [0.25, 0.3) is 22.5 Å². The molecule has 0 aliphatic carbocycles. The van der Waals surface area contributed by atoms with Crippen molar-refractivity contribution in [2.24, 2.45) is 13.0 Å². The summed E-state index contributed by atoms with van der Waals surface area (Å²) in [5.41, 5.74) is 3.81. The van der Waals surface area contributed by atoms with Gasteiger partial charge in [0, 0.05) is 41.4 Å². The Labute approximate surface area is 253 Å². The van der Waals surface area contributed by atoms with Crippen molar-refractivity contribution in [2.75, 3.05) is 5.32 Å². The van der Waals surface area contributed by atoms with E-state index in [1.165, 1.54) is 12.4 Å². The molecule has 2 N–H and O–H groups in total. The minimum Gasteiger partial charge on any atom is -0.475 e. The van der Waals surface area contributed by atoms with Crippen LogP contribution in [0.4, 0.5) is 18.9 Å². The van der Waals surface area contributed by atoms with Crippen molar-refractivity contribution in [2.45, 2.75) is 38.4 Å². The monoisotopic (exact) mass is 636 g/mol. The van der Waals surface area contributed by atoms with E-state index in [0.717, 1.165) is 23.4 Å². The lowest BCUT2D eigenvalue weighted by molar-refractivity contribution is -0.192. The number of carboxylic acid groups (broad SMARTS) is 1. The molecule has 1 aliphatic heterocycles. The van der Waals surface area contributed by atoms with Gasteiger partial charge in [-0.2, -0.15) is 18.3 Å². The van der Waals surface area contributed by atoms with E-state index in [0.29, 0.717) is 39.8 Å². The third kappa shape index (κ3) is 7.41. The zero-order valence-corrected chi connectivity index (χ0v) is 24.3. The van der Waals surface area contributed by atoms with E-state index >= 15 is 0 Å². The maximum atomic E-state index is 13.3. The summed E-state index contributed by atoms with van der Waals surface area (Å²) in [5.74, 6) is -3.02. The number of halogens is 5. The molecule has 0 saturated heterocycles. The Balaban J connectivity index is 0.000000541. The molecule has 0 spiro atoms. The van der Waals surface area contributed by atoms with Gasteiger partial charge in [0.2, 0.25) is 5.91 Å².